The first-order valence-electron chi connectivity index (χ1n) is 10.1. The SMILES string of the molecule is COc1cccc(CNC(=O)CCc2c(C)nn(-c3ccc4nnc(C)n4n3)c2C)c1. The van der Waals surface area contributed by atoms with Crippen molar-refractivity contribution < 1.29 is 9.53 Å². The molecule has 1 N–H and O–H groups in total. The number of fused-ring (bicyclic) bond motifs is 1. The molecule has 0 fully saturated rings. The molecule has 0 radical (unpaired) electrons. The van der Waals surface area contributed by atoms with Gasteiger partial charge in [-0.05, 0) is 62.6 Å². The summed E-state index contributed by atoms with van der Waals surface area (Å²) >= 11 is 0. The quantitative estimate of drug-likeness (QED) is 0.494. The number of ether oxygens (including phenoxy) is 1. The van der Waals surface area contributed by atoms with Gasteiger partial charge in [0.1, 0.15) is 5.75 Å². The summed E-state index contributed by atoms with van der Waals surface area (Å²) in [6, 6.07) is 11.4. The van der Waals surface area contributed by atoms with Gasteiger partial charge in [0.05, 0.1) is 12.8 Å². The molecule has 0 unspecified atom stereocenters. The molecule has 31 heavy (non-hydrogen) atoms. The van der Waals surface area contributed by atoms with Gasteiger partial charge in [-0.3, -0.25) is 4.79 Å². The van der Waals surface area contributed by atoms with Crippen LogP contribution in [0.1, 0.15) is 34.8 Å². The molecule has 1 amide bonds. The van der Waals surface area contributed by atoms with Gasteiger partial charge in [-0.15, -0.1) is 15.3 Å². The first-order valence-corrected chi connectivity index (χ1v) is 10.1. The highest BCUT2D eigenvalue weighted by Crippen LogP contribution is 2.19. The van der Waals surface area contributed by atoms with Crippen LogP contribution < -0.4 is 10.1 Å². The summed E-state index contributed by atoms with van der Waals surface area (Å²) in [7, 11) is 1.63. The normalized spacial score (nSPS) is 11.1. The fraction of sp³-hybridized carbons (Fsp3) is 0.318. The lowest BCUT2D eigenvalue weighted by Crippen LogP contribution is -2.23. The van der Waals surface area contributed by atoms with Crippen molar-refractivity contribution in [3.05, 3.63) is 64.7 Å². The molecule has 9 heteroatoms. The minimum Gasteiger partial charge on any atom is -0.497 e. The molecular weight excluding hydrogens is 394 g/mol. The molecule has 0 spiro atoms. The number of carbonyl (C=O) groups is 1. The highest BCUT2D eigenvalue weighted by atomic mass is 16.5. The predicted molar refractivity (Wildman–Crippen MR) is 115 cm³/mol. The van der Waals surface area contributed by atoms with Crippen LogP contribution in [0, 0.1) is 20.8 Å². The Labute approximate surface area is 180 Å². The molecule has 0 saturated carbocycles. The van der Waals surface area contributed by atoms with E-state index in [2.05, 4.69) is 25.7 Å². The highest BCUT2D eigenvalue weighted by molar-refractivity contribution is 5.76. The molecule has 4 aromatic rings. The molecule has 0 aliphatic heterocycles. The number of hydrogen-bond donors (Lipinski definition) is 1. The van der Waals surface area contributed by atoms with Crippen LogP contribution in [-0.4, -0.2) is 42.6 Å². The van der Waals surface area contributed by atoms with Crippen LogP contribution in [-0.2, 0) is 17.8 Å². The summed E-state index contributed by atoms with van der Waals surface area (Å²) in [5.74, 6) is 2.17. The Morgan fingerprint density at radius 3 is 2.74 bits per heavy atom. The van der Waals surface area contributed by atoms with E-state index in [-0.39, 0.29) is 5.91 Å². The monoisotopic (exact) mass is 419 g/mol. The van der Waals surface area contributed by atoms with Gasteiger partial charge in [-0.25, -0.2) is 4.68 Å². The number of benzene rings is 1. The van der Waals surface area contributed by atoms with Gasteiger partial charge in [0.2, 0.25) is 5.91 Å². The van der Waals surface area contributed by atoms with Crippen molar-refractivity contribution in [2.45, 2.75) is 40.2 Å². The van der Waals surface area contributed by atoms with Gasteiger partial charge in [-0.2, -0.15) is 9.61 Å². The summed E-state index contributed by atoms with van der Waals surface area (Å²) in [5, 5.41) is 20.3. The number of aromatic nitrogens is 6. The lowest BCUT2D eigenvalue weighted by atomic mass is 10.1. The van der Waals surface area contributed by atoms with E-state index in [1.807, 2.05) is 57.2 Å². The number of nitrogens with zero attached hydrogens (tertiary/aromatic N) is 6. The van der Waals surface area contributed by atoms with E-state index in [4.69, 9.17) is 4.74 Å². The van der Waals surface area contributed by atoms with Gasteiger partial charge in [0, 0.05) is 18.7 Å². The third-order valence-corrected chi connectivity index (χ3v) is 5.29. The average Bonchev–Trinajstić information content (AvgIpc) is 3.29. The third-order valence-electron chi connectivity index (χ3n) is 5.29. The Hall–Kier alpha value is -3.75. The van der Waals surface area contributed by atoms with Crippen LogP contribution in [0.25, 0.3) is 11.5 Å². The lowest BCUT2D eigenvalue weighted by molar-refractivity contribution is -0.121. The molecule has 0 aliphatic rings. The van der Waals surface area contributed by atoms with Gasteiger partial charge in [0.25, 0.3) is 0 Å². The highest BCUT2D eigenvalue weighted by Gasteiger charge is 2.16. The number of carbonyl (C=O) groups excluding carboxylic acids is 1. The van der Waals surface area contributed by atoms with Crippen LogP contribution in [0.3, 0.4) is 0 Å². The Kier molecular flexibility index (Phi) is 5.66. The number of methoxy groups -OCH3 is 1. The Morgan fingerprint density at radius 1 is 1.10 bits per heavy atom. The number of amides is 1. The summed E-state index contributed by atoms with van der Waals surface area (Å²) in [5.41, 5.74) is 4.60. The predicted octanol–water partition coefficient (Wildman–Crippen LogP) is 2.49. The van der Waals surface area contributed by atoms with E-state index in [0.717, 1.165) is 28.3 Å². The van der Waals surface area contributed by atoms with Gasteiger partial charge < -0.3 is 10.1 Å². The van der Waals surface area contributed by atoms with Crippen LogP contribution in [0.15, 0.2) is 36.4 Å². The van der Waals surface area contributed by atoms with Crippen LogP contribution >= 0.6 is 0 Å². The molecule has 0 aliphatic carbocycles. The topological polar surface area (TPSA) is 99.2 Å². The maximum Gasteiger partial charge on any atom is 0.220 e. The summed E-state index contributed by atoms with van der Waals surface area (Å²) in [6.45, 7) is 6.27. The lowest BCUT2D eigenvalue weighted by Gasteiger charge is -2.08. The fourth-order valence-electron chi connectivity index (χ4n) is 3.57. The van der Waals surface area contributed by atoms with Crippen LogP contribution in [0.5, 0.6) is 5.75 Å². The Morgan fingerprint density at radius 2 is 1.94 bits per heavy atom. The van der Waals surface area contributed by atoms with Crippen molar-refractivity contribution in [1.82, 2.24) is 34.9 Å². The van der Waals surface area contributed by atoms with Crippen molar-refractivity contribution in [3.63, 3.8) is 0 Å². The molecule has 0 bridgehead atoms. The second kappa shape index (κ2) is 8.55. The van der Waals surface area contributed by atoms with E-state index in [1.54, 1.807) is 16.3 Å². The Bertz CT molecular complexity index is 1240. The first kappa shape index (κ1) is 20.5. The average molecular weight is 419 g/mol. The van der Waals surface area contributed by atoms with E-state index >= 15 is 0 Å². The zero-order valence-electron chi connectivity index (χ0n) is 18.1. The molecule has 0 atom stereocenters. The standard InChI is InChI=1S/C22H25N7O2/c1-14-19(8-11-22(30)23-13-17-6-5-7-18(12-17)31-4)15(2)28(26-14)21-10-9-20-25-24-16(3)29(20)27-21/h5-7,9-10,12H,8,11,13H2,1-4H3,(H,23,30). The third kappa shape index (κ3) is 4.25. The first-order chi connectivity index (χ1) is 15.0. The van der Waals surface area contributed by atoms with Crippen LogP contribution in [0.2, 0.25) is 0 Å². The molecule has 4 rings (SSSR count). The largest absolute Gasteiger partial charge is 0.497 e. The van der Waals surface area contributed by atoms with E-state index in [1.165, 1.54) is 0 Å². The van der Waals surface area contributed by atoms with Crippen molar-refractivity contribution in [3.8, 4) is 11.6 Å². The molecule has 1 aromatic carbocycles. The molecular formula is C22H25N7O2. The van der Waals surface area contributed by atoms with Crippen molar-refractivity contribution >= 4 is 11.6 Å². The number of aryl methyl sites for hydroxylation is 2. The molecule has 0 saturated heterocycles. The molecule has 9 nitrogen and oxygen atoms in total. The number of rotatable bonds is 7. The van der Waals surface area contributed by atoms with Gasteiger partial charge in [0.15, 0.2) is 17.3 Å². The minimum absolute atomic E-state index is 0.00553. The van der Waals surface area contributed by atoms with E-state index < -0.39 is 0 Å². The summed E-state index contributed by atoms with van der Waals surface area (Å²) < 4.78 is 8.72. The minimum atomic E-state index is -0.00553. The zero-order valence-corrected chi connectivity index (χ0v) is 18.1. The van der Waals surface area contributed by atoms with Gasteiger partial charge in [-0.1, -0.05) is 12.1 Å². The summed E-state index contributed by atoms with van der Waals surface area (Å²) in [6.07, 6.45) is 0.990. The van der Waals surface area contributed by atoms with Crippen molar-refractivity contribution in [1.29, 1.82) is 0 Å². The zero-order chi connectivity index (χ0) is 22.0. The molecule has 3 heterocycles. The number of nitrogens with one attached hydrogen (secondary N) is 1. The van der Waals surface area contributed by atoms with E-state index in [0.29, 0.717) is 36.7 Å². The fourth-order valence-corrected chi connectivity index (χ4v) is 3.57. The Balaban J connectivity index is 1.43. The van der Waals surface area contributed by atoms with Crippen molar-refractivity contribution in [2.24, 2.45) is 0 Å². The second-order valence-corrected chi connectivity index (χ2v) is 7.40. The summed E-state index contributed by atoms with van der Waals surface area (Å²) in [4.78, 5) is 12.4. The van der Waals surface area contributed by atoms with Crippen molar-refractivity contribution in [2.75, 3.05) is 7.11 Å². The maximum atomic E-state index is 12.4. The second-order valence-electron chi connectivity index (χ2n) is 7.40. The molecule has 160 valence electrons. The smallest absolute Gasteiger partial charge is 0.220 e. The van der Waals surface area contributed by atoms with Gasteiger partial charge >= 0.3 is 0 Å². The van der Waals surface area contributed by atoms with Crippen LogP contribution in [0.4, 0.5) is 0 Å². The maximum absolute atomic E-state index is 12.4. The van der Waals surface area contributed by atoms with E-state index in [9.17, 15) is 4.79 Å². The number of hydrogen-bond acceptors (Lipinski definition) is 6. The molecule has 3 aromatic heterocycles.